The predicted molar refractivity (Wildman–Crippen MR) is 109 cm³/mol. The SMILES string of the molecule is COc1cccc(CN2C[C@H]3CC2CN3Cc2cccc3[nH]c(C)cc23)c1. The highest BCUT2D eigenvalue weighted by Crippen LogP contribution is 2.34. The van der Waals surface area contributed by atoms with Crippen LogP contribution in [-0.2, 0) is 13.1 Å². The lowest BCUT2D eigenvalue weighted by Gasteiger charge is -2.34. The number of benzene rings is 2. The summed E-state index contributed by atoms with van der Waals surface area (Å²) in [6.07, 6.45) is 1.30. The molecule has 3 aromatic rings. The molecule has 27 heavy (non-hydrogen) atoms. The van der Waals surface area contributed by atoms with Gasteiger partial charge in [-0.05, 0) is 48.7 Å². The summed E-state index contributed by atoms with van der Waals surface area (Å²) in [6, 6.07) is 18.8. The summed E-state index contributed by atoms with van der Waals surface area (Å²) in [5.41, 5.74) is 5.30. The van der Waals surface area contributed by atoms with Crippen molar-refractivity contribution >= 4 is 10.9 Å². The molecule has 0 aliphatic carbocycles. The number of methoxy groups -OCH3 is 1. The smallest absolute Gasteiger partial charge is 0.119 e. The molecule has 0 spiro atoms. The van der Waals surface area contributed by atoms with Crippen molar-refractivity contribution in [3.05, 3.63) is 65.4 Å². The first-order chi connectivity index (χ1) is 13.2. The van der Waals surface area contributed by atoms with Gasteiger partial charge in [0.25, 0.3) is 0 Å². The minimum atomic E-state index is 0.674. The molecule has 1 unspecified atom stereocenters. The molecular formula is C23H27N3O. The van der Waals surface area contributed by atoms with E-state index in [9.17, 15) is 0 Å². The van der Waals surface area contributed by atoms with E-state index < -0.39 is 0 Å². The first-order valence-electron chi connectivity index (χ1n) is 9.88. The van der Waals surface area contributed by atoms with Gasteiger partial charge in [0.2, 0.25) is 0 Å². The van der Waals surface area contributed by atoms with Gasteiger partial charge in [0.05, 0.1) is 7.11 Å². The number of nitrogens with one attached hydrogen (secondary N) is 1. The van der Waals surface area contributed by atoms with Crippen molar-refractivity contribution < 1.29 is 4.74 Å². The molecule has 5 rings (SSSR count). The van der Waals surface area contributed by atoms with Crippen LogP contribution in [0.4, 0.5) is 0 Å². The summed E-state index contributed by atoms with van der Waals surface area (Å²) >= 11 is 0. The molecule has 4 nitrogen and oxygen atoms in total. The third-order valence-electron chi connectivity index (χ3n) is 6.25. The molecule has 1 aromatic heterocycles. The minimum absolute atomic E-state index is 0.674. The second-order valence-electron chi connectivity index (χ2n) is 8.08. The summed E-state index contributed by atoms with van der Waals surface area (Å²) in [6.45, 7) is 6.57. The highest BCUT2D eigenvalue weighted by Gasteiger charge is 2.42. The average molecular weight is 361 g/mol. The summed E-state index contributed by atoms with van der Waals surface area (Å²) in [4.78, 5) is 8.80. The number of rotatable bonds is 5. The molecule has 140 valence electrons. The van der Waals surface area contributed by atoms with Gasteiger partial charge in [-0.15, -0.1) is 0 Å². The van der Waals surface area contributed by atoms with Crippen molar-refractivity contribution in [2.75, 3.05) is 20.2 Å². The number of likely N-dealkylation sites (tertiary alicyclic amines) is 2. The summed E-state index contributed by atoms with van der Waals surface area (Å²) in [5.74, 6) is 0.952. The second kappa shape index (κ2) is 6.70. The van der Waals surface area contributed by atoms with E-state index in [1.54, 1.807) is 7.11 Å². The molecule has 2 atom stereocenters. The Bertz CT molecular complexity index is 963. The number of H-pyrrole nitrogens is 1. The van der Waals surface area contributed by atoms with Crippen LogP contribution in [0.3, 0.4) is 0 Å². The summed E-state index contributed by atoms with van der Waals surface area (Å²) in [5, 5.41) is 1.38. The zero-order valence-corrected chi connectivity index (χ0v) is 16.1. The molecule has 0 amide bonds. The number of ether oxygens (including phenoxy) is 1. The molecule has 3 heterocycles. The number of aromatic amines is 1. The normalized spacial score (nSPS) is 22.7. The topological polar surface area (TPSA) is 31.5 Å². The van der Waals surface area contributed by atoms with E-state index in [-0.39, 0.29) is 0 Å². The Kier molecular flexibility index (Phi) is 4.18. The number of hydrogen-bond acceptors (Lipinski definition) is 3. The molecule has 0 saturated carbocycles. The van der Waals surface area contributed by atoms with Crippen LogP contribution in [0, 0.1) is 6.92 Å². The van der Waals surface area contributed by atoms with Crippen LogP contribution in [-0.4, -0.2) is 47.1 Å². The molecule has 2 fully saturated rings. The van der Waals surface area contributed by atoms with Crippen molar-refractivity contribution in [3.8, 4) is 5.75 Å². The average Bonchev–Trinajstić information content (AvgIpc) is 3.35. The van der Waals surface area contributed by atoms with Crippen LogP contribution in [0.1, 0.15) is 23.2 Å². The summed E-state index contributed by atoms with van der Waals surface area (Å²) in [7, 11) is 1.74. The van der Waals surface area contributed by atoms with Gasteiger partial charge in [0.1, 0.15) is 5.75 Å². The maximum atomic E-state index is 5.37. The first kappa shape index (κ1) is 16.8. The lowest BCUT2D eigenvalue weighted by Crippen LogP contribution is -2.45. The highest BCUT2D eigenvalue weighted by atomic mass is 16.5. The zero-order valence-electron chi connectivity index (χ0n) is 16.1. The summed E-state index contributed by atoms with van der Waals surface area (Å²) < 4.78 is 5.37. The van der Waals surface area contributed by atoms with Crippen molar-refractivity contribution in [1.29, 1.82) is 0 Å². The van der Waals surface area contributed by atoms with Crippen molar-refractivity contribution in [2.24, 2.45) is 0 Å². The number of fused-ring (bicyclic) bond motifs is 3. The predicted octanol–water partition coefficient (Wildman–Crippen LogP) is 3.94. The van der Waals surface area contributed by atoms with Crippen LogP contribution >= 0.6 is 0 Å². The Labute approximate surface area is 160 Å². The Morgan fingerprint density at radius 1 is 1.00 bits per heavy atom. The van der Waals surface area contributed by atoms with Gasteiger partial charge in [-0.25, -0.2) is 0 Å². The van der Waals surface area contributed by atoms with Crippen molar-refractivity contribution in [2.45, 2.75) is 38.5 Å². The van der Waals surface area contributed by atoms with Crippen LogP contribution in [0.5, 0.6) is 5.75 Å². The fourth-order valence-electron chi connectivity index (χ4n) is 4.94. The number of aromatic nitrogens is 1. The maximum absolute atomic E-state index is 5.37. The molecule has 2 aliphatic heterocycles. The van der Waals surface area contributed by atoms with Gasteiger partial charge >= 0.3 is 0 Å². The molecule has 2 saturated heterocycles. The quantitative estimate of drug-likeness (QED) is 0.747. The van der Waals surface area contributed by atoms with Crippen LogP contribution in [0.15, 0.2) is 48.5 Å². The van der Waals surface area contributed by atoms with E-state index >= 15 is 0 Å². The van der Waals surface area contributed by atoms with Gasteiger partial charge in [-0.1, -0.05) is 24.3 Å². The largest absolute Gasteiger partial charge is 0.497 e. The fraction of sp³-hybridized carbons (Fsp3) is 0.391. The van der Waals surface area contributed by atoms with E-state index in [1.807, 2.05) is 6.07 Å². The number of nitrogens with zero attached hydrogens (tertiary/aromatic N) is 2. The van der Waals surface area contributed by atoms with Crippen molar-refractivity contribution in [3.63, 3.8) is 0 Å². The maximum Gasteiger partial charge on any atom is 0.119 e. The molecule has 0 radical (unpaired) electrons. The monoisotopic (exact) mass is 361 g/mol. The van der Waals surface area contributed by atoms with E-state index in [2.05, 4.69) is 64.2 Å². The van der Waals surface area contributed by atoms with Gasteiger partial charge in [0, 0.05) is 54.9 Å². The molecule has 1 N–H and O–H groups in total. The fourth-order valence-corrected chi connectivity index (χ4v) is 4.94. The van der Waals surface area contributed by atoms with Gasteiger partial charge in [0.15, 0.2) is 0 Å². The van der Waals surface area contributed by atoms with E-state index in [4.69, 9.17) is 4.74 Å². The number of aryl methyl sites for hydroxylation is 1. The third kappa shape index (κ3) is 3.13. The molecule has 2 aromatic carbocycles. The standard InChI is InChI=1S/C23H27N3O/c1-16-9-22-18(6-4-8-23(22)24-16)13-26-15-19-11-20(26)14-25(19)12-17-5-3-7-21(10-17)27-2/h3-10,19-20,24H,11-15H2,1-2H3/t19?,20-/m1/s1. The van der Waals surface area contributed by atoms with Gasteiger partial charge in [-0.2, -0.15) is 0 Å². The molecule has 2 aliphatic rings. The zero-order chi connectivity index (χ0) is 18.4. The number of hydrogen-bond donors (Lipinski definition) is 1. The van der Waals surface area contributed by atoms with Gasteiger partial charge < -0.3 is 9.72 Å². The number of piperazine rings is 1. The second-order valence-corrected chi connectivity index (χ2v) is 8.08. The Hall–Kier alpha value is -2.30. The Balaban J connectivity index is 1.27. The molecular weight excluding hydrogens is 334 g/mol. The van der Waals surface area contributed by atoms with Crippen LogP contribution < -0.4 is 4.74 Å². The van der Waals surface area contributed by atoms with Crippen molar-refractivity contribution in [1.82, 2.24) is 14.8 Å². The molecule has 4 heteroatoms. The minimum Gasteiger partial charge on any atom is -0.497 e. The van der Waals surface area contributed by atoms with Crippen LogP contribution in [0.2, 0.25) is 0 Å². The van der Waals surface area contributed by atoms with E-state index in [0.29, 0.717) is 12.1 Å². The van der Waals surface area contributed by atoms with Crippen LogP contribution in [0.25, 0.3) is 10.9 Å². The lowest BCUT2D eigenvalue weighted by molar-refractivity contribution is 0.118. The third-order valence-corrected chi connectivity index (χ3v) is 6.25. The molecule has 2 bridgehead atoms. The van der Waals surface area contributed by atoms with Gasteiger partial charge in [-0.3, -0.25) is 9.80 Å². The first-order valence-corrected chi connectivity index (χ1v) is 9.88. The highest BCUT2D eigenvalue weighted by molar-refractivity contribution is 5.83. The van der Waals surface area contributed by atoms with E-state index in [0.717, 1.165) is 18.8 Å². The lowest BCUT2D eigenvalue weighted by atomic mass is 10.1. The Morgan fingerprint density at radius 2 is 1.78 bits per heavy atom. The van der Waals surface area contributed by atoms with E-state index in [1.165, 1.54) is 47.2 Å². The Morgan fingerprint density at radius 3 is 2.56 bits per heavy atom.